The first-order valence-corrected chi connectivity index (χ1v) is 7.70. The lowest BCUT2D eigenvalue weighted by Crippen LogP contribution is -1.99. The molecule has 0 spiro atoms. The fourth-order valence-corrected chi connectivity index (χ4v) is 2.36. The highest BCUT2D eigenvalue weighted by atomic mass is 19.1. The zero-order valence-corrected chi connectivity index (χ0v) is 13.9. The minimum atomic E-state index is -0.158. The number of aryl methyl sites for hydroxylation is 2. The van der Waals surface area contributed by atoms with Crippen molar-refractivity contribution >= 4 is 11.4 Å². The third-order valence-corrected chi connectivity index (χ3v) is 3.58. The van der Waals surface area contributed by atoms with Gasteiger partial charge in [0, 0.05) is 5.69 Å². The van der Waals surface area contributed by atoms with Crippen molar-refractivity contribution < 1.29 is 4.39 Å². The number of hydrogen-bond acceptors (Lipinski definition) is 2. The average Bonchev–Trinajstić information content (AvgIpc) is 2.61. The molecule has 0 aliphatic carbocycles. The lowest BCUT2D eigenvalue weighted by atomic mass is 10.0. The maximum atomic E-state index is 12.9. The minimum absolute atomic E-state index is 0.158. The SMILES string of the molecule is Cc1cc(N)cc(C)c1F.N=C(c1ccccc1)c1ccccc1. The smallest absolute Gasteiger partial charge is 0.129 e. The van der Waals surface area contributed by atoms with Crippen LogP contribution in [0.25, 0.3) is 0 Å². The van der Waals surface area contributed by atoms with Crippen LogP contribution in [0, 0.1) is 25.1 Å². The lowest BCUT2D eigenvalue weighted by Gasteiger charge is -2.02. The highest BCUT2D eigenvalue weighted by Gasteiger charge is 2.02. The summed E-state index contributed by atoms with van der Waals surface area (Å²) in [6.45, 7) is 3.41. The molecule has 0 aromatic heterocycles. The summed E-state index contributed by atoms with van der Waals surface area (Å²) in [7, 11) is 0. The Morgan fingerprint density at radius 3 is 1.54 bits per heavy atom. The number of hydrogen-bond donors (Lipinski definition) is 2. The molecule has 0 bridgehead atoms. The molecule has 3 rings (SSSR count). The number of anilines is 1. The van der Waals surface area contributed by atoms with Crippen molar-refractivity contribution in [2.45, 2.75) is 13.8 Å². The van der Waals surface area contributed by atoms with Gasteiger partial charge in [0.1, 0.15) is 5.82 Å². The standard InChI is InChI=1S/C13H11N.C8H10FN/c14-13(11-7-3-1-4-8-11)12-9-5-2-6-10-12;1-5-3-7(10)4-6(2)8(5)9/h1-10,14H;3-4H,10H2,1-2H3. The van der Waals surface area contributed by atoms with Crippen LogP contribution in [0.4, 0.5) is 10.1 Å². The summed E-state index contributed by atoms with van der Waals surface area (Å²) in [6.07, 6.45) is 0. The molecule has 0 aliphatic rings. The Morgan fingerprint density at radius 1 is 0.792 bits per heavy atom. The van der Waals surface area contributed by atoms with E-state index in [1.54, 1.807) is 26.0 Å². The summed E-state index contributed by atoms with van der Waals surface area (Å²) in [6, 6.07) is 22.8. The predicted molar refractivity (Wildman–Crippen MR) is 99.1 cm³/mol. The largest absolute Gasteiger partial charge is 0.399 e. The number of nitrogens with one attached hydrogen (secondary N) is 1. The van der Waals surface area contributed by atoms with Gasteiger partial charge < -0.3 is 5.73 Å². The van der Waals surface area contributed by atoms with Gasteiger partial charge in [0.2, 0.25) is 0 Å². The number of nitrogens with two attached hydrogens (primary N) is 1. The molecule has 122 valence electrons. The molecule has 24 heavy (non-hydrogen) atoms. The second-order valence-corrected chi connectivity index (χ2v) is 5.58. The second kappa shape index (κ2) is 8.06. The molecule has 0 atom stereocenters. The third-order valence-electron chi connectivity index (χ3n) is 3.58. The zero-order valence-electron chi connectivity index (χ0n) is 13.9. The molecule has 3 aromatic carbocycles. The Balaban J connectivity index is 0.000000185. The average molecular weight is 320 g/mol. The van der Waals surface area contributed by atoms with E-state index in [0.717, 1.165) is 11.1 Å². The van der Waals surface area contributed by atoms with Crippen LogP contribution in [0.1, 0.15) is 22.3 Å². The molecule has 0 saturated carbocycles. The quantitative estimate of drug-likeness (QED) is 0.499. The van der Waals surface area contributed by atoms with Crippen LogP contribution >= 0.6 is 0 Å². The molecule has 0 saturated heterocycles. The molecule has 2 nitrogen and oxygen atoms in total. The summed E-state index contributed by atoms with van der Waals surface area (Å²) in [4.78, 5) is 0. The fraction of sp³-hybridized carbons (Fsp3) is 0.0952. The minimum Gasteiger partial charge on any atom is -0.399 e. The zero-order chi connectivity index (χ0) is 17.5. The highest BCUT2D eigenvalue weighted by Crippen LogP contribution is 2.15. The number of rotatable bonds is 2. The van der Waals surface area contributed by atoms with Gasteiger partial charge in [0.05, 0.1) is 5.71 Å². The molecule has 3 N–H and O–H groups in total. The van der Waals surface area contributed by atoms with E-state index in [9.17, 15) is 4.39 Å². The number of halogens is 1. The van der Waals surface area contributed by atoms with Gasteiger partial charge in [-0.05, 0) is 48.2 Å². The first kappa shape index (κ1) is 17.4. The van der Waals surface area contributed by atoms with Gasteiger partial charge in [-0.3, -0.25) is 5.41 Å². The predicted octanol–water partition coefficient (Wildman–Crippen LogP) is 5.13. The Kier molecular flexibility index (Phi) is 5.85. The van der Waals surface area contributed by atoms with E-state index in [4.69, 9.17) is 11.1 Å². The van der Waals surface area contributed by atoms with Crippen molar-refractivity contribution in [3.8, 4) is 0 Å². The van der Waals surface area contributed by atoms with Crippen LogP contribution in [0.5, 0.6) is 0 Å². The number of benzene rings is 3. The first-order valence-electron chi connectivity index (χ1n) is 7.70. The van der Waals surface area contributed by atoms with Crippen molar-refractivity contribution in [1.29, 1.82) is 5.41 Å². The van der Waals surface area contributed by atoms with Gasteiger partial charge in [-0.2, -0.15) is 0 Å². The topological polar surface area (TPSA) is 49.9 Å². The molecule has 0 fully saturated rings. The highest BCUT2D eigenvalue weighted by molar-refractivity contribution is 6.10. The molecule has 3 heteroatoms. The van der Waals surface area contributed by atoms with E-state index in [2.05, 4.69) is 0 Å². The van der Waals surface area contributed by atoms with Crippen molar-refractivity contribution in [2.24, 2.45) is 0 Å². The molecular weight excluding hydrogens is 299 g/mol. The Labute approximate surface area is 142 Å². The van der Waals surface area contributed by atoms with E-state index >= 15 is 0 Å². The van der Waals surface area contributed by atoms with Crippen LogP contribution in [0.15, 0.2) is 72.8 Å². The van der Waals surface area contributed by atoms with Crippen molar-refractivity contribution in [1.82, 2.24) is 0 Å². The maximum absolute atomic E-state index is 12.9. The number of nitrogen functional groups attached to an aromatic ring is 1. The molecule has 0 radical (unpaired) electrons. The summed E-state index contributed by atoms with van der Waals surface area (Å²) < 4.78 is 12.9. The Morgan fingerprint density at radius 2 is 1.17 bits per heavy atom. The van der Waals surface area contributed by atoms with E-state index in [1.807, 2.05) is 60.7 Å². The monoisotopic (exact) mass is 320 g/mol. The fourth-order valence-electron chi connectivity index (χ4n) is 2.36. The van der Waals surface area contributed by atoms with Crippen LogP contribution < -0.4 is 5.73 Å². The van der Waals surface area contributed by atoms with Gasteiger partial charge >= 0.3 is 0 Å². The van der Waals surface area contributed by atoms with Crippen molar-refractivity contribution in [3.63, 3.8) is 0 Å². The second-order valence-electron chi connectivity index (χ2n) is 5.58. The summed E-state index contributed by atoms with van der Waals surface area (Å²) >= 11 is 0. The normalized spacial score (nSPS) is 9.79. The van der Waals surface area contributed by atoms with E-state index in [1.165, 1.54) is 0 Å². The van der Waals surface area contributed by atoms with Crippen LogP contribution in [-0.2, 0) is 0 Å². The van der Waals surface area contributed by atoms with Crippen molar-refractivity contribution in [2.75, 3.05) is 5.73 Å². The Bertz CT molecular complexity index is 747. The summed E-state index contributed by atoms with van der Waals surface area (Å²) in [5, 5.41) is 7.97. The van der Waals surface area contributed by atoms with Crippen LogP contribution in [-0.4, -0.2) is 5.71 Å². The van der Waals surface area contributed by atoms with E-state index < -0.39 is 0 Å². The van der Waals surface area contributed by atoms with E-state index in [-0.39, 0.29) is 5.82 Å². The lowest BCUT2D eigenvalue weighted by molar-refractivity contribution is 0.609. The molecule has 0 heterocycles. The van der Waals surface area contributed by atoms with Gasteiger partial charge in [-0.15, -0.1) is 0 Å². The first-order chi connectivity index (χ1) is 11.5. The molecular formula is C21H21FN2. The molecule has 0 amide bonds. The van der Waals surface area contributed by atoms with Gasteiger partial charge in [-0.25, -0.2) is 4.39 Å². The van der Waals surface area contributed by atoms with Crippen LogP contribution in [0.3, 0.4) is 0 Å². The third kappa shape index (κ3) is 4.53. The van der Waals surface area contributed by atoms with Crippen molar-refractivity contribution in [3.05, 3.63) is 101 Å². The Hall–Kier alpha value is -2.94. The van der Waals surface area contributed by atoms with E-state index in [0.29, 0.717) is 22.5 Å². The summed E-state index contributed by atoms with van der Waals surface area (Å²) in [5.74, 6) is -0.158. The molecule has 0 unspecified atom stereocenters. The summed E-state index contributed by atoms with van der Waals surface area (Å²) in [5.41, 5.74) is 9.79. The maximum Gasteiger partial charge on any atom is 0.129 e. The van der Waals surface area contributed by atoms with Gasteiger partial charge in [0.15, 0.2) is 0 Å². The van der Waals surface area contributed by atoms with Gasteiger partial charge in [0.25, 0.3) is 0 Å². The van der Waals surface area contributed by atoms with Gasteiger partial charge in [-0.1, -0.05) is 60.7 Å². The molecule has 0 aliphatic heterocycles. The van der Waals surface area contributed by atoms with Crippen LogP contribution in [0.2, 0.25) is 0 Å². The molecule has 3 aromatic rings.